The Morgan fingerprint density at radius 2 is 2.07 bits per heavy atom. The summed E-state index contributed by atoms with van der Waals surface area (Å²) in [7, 11) is 0. The molecule has 3 rings (SSSR count). The van der Waals surface area contributed by atoms with E-state index in [0.29, 0.717) is 23.6 Å². The zero-order valence-electron chi connectivity index (χ0n) is 14.6. The van der Waals surface area contributed by atoms with Gasteiger partial charge in [-0.3, -0.25) is 9.93 Å². The van der Waals surface area contributed by atoms with Gasteiger partial charge >= 0.3 is 0 Å². The van der Waals surface area contributed by atoms with E-state index in [2.05, 4.69) is 10.3 Å². The molecule has 1 atom stereocenters. The summed E-state index contributed by atoms with van der Waals surface area (Å²) in [5, 5.41) is 8.39. The first-order valence-electron chi connectivity index (χ1n) is 8.33. The van der Waals surface area contributed by atoms with Crippen LogP contribution in [-0.2, 0) is 4.79 Å². The van der Waals surface area contributed by atoms with Gasteiger partial charge in [0, 0.05) is 30.6 Å². The number of alkyl halides is 2. The SMILES string of the molecule is Fc1cccc(Cl)c1F.NSc1cc(NC(=O)C2CCCC(F)(F)C2)ccn1. The third-order valence-electron chi connectivity index (χ3n) is 4.04. The monoisotopic (exact) mass is 435 g/mol. The third-order valence-corrected chi connectivity index (χ3v) is 4.80. The second-order valence-corrected chi connectivity index (χ2v) is 7.24. The highest BCUT2D eigenvalue weighted by Gasteiger charge is 2.39. The van der Waals surface area contributed by atoms with Gasteiger partial charge < -0.3 is 5.32 Å². The van der Waals surface area contributed by atoms with Crippen molar-refractivity contribution in [3.05, 3.63) is 53.2 Å². The van der Waals surface area contributed by atoms with Crippen molar-refractivity contribution >= 4 is 35.1 Å². The van der Waals surface area contributed by atoms with Crippen molar-refractivity contribution in [2.24, 2.45) is 11.1 Å². The molecule has 0 aliphatic heterocycles. The molecule has 1 amide bonds. The summed E-state index contributed by atoms with van der Waals surface area (Å²) in [5.74, 6) is -5.62. The Labute approximate surface area is 169 Å². The van der Waals surface area contributed by atoms with Gasteiger partial charge in [0.05, 0.1) is 5.02 Å². The van der Waals surface area contributed by atoms with Crippen molar-refractivity contribution in [1.29, 1.82) is 0 Å². The minimum atomic E-state index is -2.73. The van der Waals surface area contributed by atoms with Crippen molar-refractivity contribution in [2.75, 3.05) is 5.32 Å². The molecule has 0 bridgehead atoms. The van der Waals surface area contributed by atoms with E-state index in [0.717, 1.165) is 18.0 Å². The maximum absolute atomic E-state index is 13.3. The molecule has 4 nitrogen and oxygen atoms in total. The maximum Gasteiger partial charge on any atom is 0.248 e. The van der Waals surface area contributed by atoms with Gasteiger partial charge in [-0.25, -0.2) is 22.5 Å². The van der Waals surface area contributed by atoms with Gasteiger partial charge in [-0.2, -0.15) is 0 Å². The number of nitrogens with zero attached hydrogens (tertiary/aromatic N) is 1. The third kappa shape index (κ3) is 6.65. The van der Waals surface area contributed by atoms with E-state index in [9.17, 15) is 22.4 Å². The van der Waals surface area contributed by atoms with Crippen LogP contribution in [0, 0.1) is 17.6 Å². The summed E-state index contributed by atoms with van der Waals surface area (Å²) in [5.41, 5.74) is 0.529. The lowest BCUT2D eigenvalue weighted by Gasteiger charge is -2.27. The van der Waals surface area contributed by atoms with Gasteiger partial charge in [0.15, 0.2) is 11.6 Å². The summed E-state index contributed by atoms with van der Waals surface area (Å²) in [4.78, 5) is 15.9. The number of pyridine rings is 1. The first kappa shape index (κ1) is 22.4. The van der Waals surface area contributed by atoms with Gasteiger partial charge in [-0.1, -0.05) is 17.7 Å². The number of carbonyl (C=O) groups excluding carboxylic acids is 1. The van der Waals surface area contributed by atoms with Gasteiger partial charge in [-0.15, -0.1) is 0 Å². The molecule has 1 heterocycles. The average molecular weight is 436 g/mol. The van der Waals surface area contributed by atoms with E-state index < -0.39 is 23.5 Å². The Balaban J connectivity index is 0.000000261. The number of rotatable bonds is 3. The number of halogens is 5. The van der Waals surface area contributed by atoms with Gasteiger partial charge in [0.1, 0.15) is 5.03 Å². The lowest BCUT2D eigenvalue weighted by molar-refractivity contribution is -0.127. The highest BCUT2D eigenvalue weighted by molar-refractivity contribution is 7.97. The van der Waals surface area contributed by atoms with Crippen LogP contribution in [0.15, 0.2) is 41.6 Å². The molecular formula is C18H18ClF4N3OS. The van der Waals surface area contributed by atoms with Crippen molar-refractivity contribution in [3.63, 3.8) is 0 Å². The molecule has 0 radical (unpaired) electrons. The standard InChI is InChI=1S/C12H15F2N3OS.C6H3ClF2/c13-12(14)4-1-2-8(7-12)11(18)17-9-3-5-16-10(6-9)19-15;7-4-2-1-3-5(8)6(4)9/h3,5-6,8H,1-2,4,7,15H2,(H,16,17,18);1-3H. The van der Waals surface area contributed by atoms with Crippen LogP contribution < -0.4 is 10.5 Å². The molecular weight excluding hydrogens is 418 g/mol. The first-order chi connectivity index (χ1) is 13.2. The van der Waals surface area contributed by atoms with Crippen LogP contribution >= 0.6 is 23.5 Å². The molecule has 1 aliphatic carbocycles. The lowest BCUT2D eigenvalue weighted by atomic mass is 9.86. The Morgan fingerprint density at radius 1 is 1.32 bits per heavy atom. The number of carbonyl (C=O) groups is 1. The summed E-state index contributed by atoms with van der Waals surface area (Å²) >= 11 is 6.16. The molecule has 0 saturated heterocycles. The van der Waals surface area contributed by atoms with Crippen LogP contribution in [0.5, 0.6) is 0 Å². The van der Waals surface area contributed by atoms with E-state index in [4.69, 9.17) is 16.7 Å². The molecule has 1 aromatic heterocycles. The number of hydrogen-bond donors (Lipinski definition) is 2. The molecule has 1 saturated carbocycles. The largest absolute Gasteiger partial charge is 0.326 e. The minimum absolute atomic E-state index is 0.125. The highest BCUT2D eigenvalue weighted by Crippen LogP contribution is 2.37. The van der Waals surface area contributed by atoms with Crippen LogP contribution in [0.1, 0.15) is 25.7 Å². The highest BCUT2D eigenvalue weighted by atomic mass is 35.5. The molecule has 28 heavy (non-hydrogen) atoms. The molecule has 10 heteroatoms. The predicted octanol–water partition coefficient (Wildman–Crippen LogP) is 5.43. The quantitative estimate of drug-likeness (QED) is 0.383. The molecule has 0 spiro atoms. The van der Waals surface area contributed by atoms with E-state index in [1.54, 1.807) is 12.1 Å². The maximum atomic E-state index is 13.3. The molecule has 3 N–H and O–H groups in total. The van der Waals surface area contributed by atoms with Crippen LogP contribution in [0.2, 0.25) is 5.02 Å². The molecule has 1 aliphatic rings. The minimum Gasteiger partial charge on any atom is -0.326 e. The first-order valence-corrected chi connectivity index (χ1v) is 9.58. The van der Waals surface area contributed by atoms with E-state index in [1.165, 1.54) is 18.3 Å². The number of anilines is 1. The van der Waals surface area contributed by atoms with E-state index in [-0.39, 0.29) is 23.8 Å². The second kappa shape index (κ2) is 10.1. The summed E-state index contributed by atoms with van der Waals surface area (Å²) < 4.78 is 50.9. The fourth-order valence-electron chi connectivity index (χ4n) is 2.67. The van der Waals surface area contributed by atoms with Crippen LogP contribution in [0.3, 0.4) is 0 Å². The van der Waals surface area contributed by atoms with Crippen LogP contribution in [0.25, 0.3) is 0 Å². The topological polar surface area (TPSA) is 68.0 Å². The fraction of sp³-hybridized carbons (Fsp3) is 0.333. The zero-order valence-corrected chi connectivity index (χ0v) is 16.2. The van der Waals surface area contributed by atoms with Gasteiger partial charge in [0.2, 0.25) is 11.8 Å². The molecule has 152 valence electrons. The smallest absolute Gasteiger partial charge is 0.248 e. The number of nitrogens with two attached hydrogens (primary N) is 1. The number of aromatic nitrogens is 1. The number of benzene rings is 1. The Hall–Kier alpha value is -1.84. The Kier molecular flexibility index (Phi) is 8.09. The van der Waals surface area contributed by atoms with Gasteiger partial charge in [0.25, 0.3) is 0 Å². The Morgan fingerprint density at radius 3 is 2.68 bits per heavy atom. The molecule has 1 unspecified atom stereocenters. The van der Waals surface area contributed by atoms with Gasteiger partial charge in [-0.05, 0) is 49.1 Å². The van der Waals surface area contributed by atoms with Crippen molar-refractivity contribution in [3.8, 4) is 0 Å². The summed E-state index contributed by atoms with van der Waals surface area (Å²) in [6.45, 7) is 0. The normalized spacial score (nSPS) is 18.0. The Bertz CT molecular complexity index is 805. The summed E-state index contributed by atoms with van der Waals surface area (Å²) in [6, 6.07) is 6.88. The number of nitrogens with one attached hydrogen (secondary N) is 1. The number of amides is 1. The number of hydrogen-bond acceptors (Lipinski definition) is 4. The molecule has 2 aromatic rings. The zero-order chi connectivity index (χ0) is 20.7. The second-order valence-electron chi connectivity index (χ2n) is 6.17. The van der Waals surface area contributed by atoms with Crippen LogP contribution in [-0.4, -0.2) is 16.8 Å². The average Bonchev–Trinajstić information content (AvgIpc) is 2.66. The molecule has 1 fully saturated rings. The molecule has 1 aromatic carbocycles. The van der Waals surface area contributed by atoms with Crippen molar-refractivity contribution in [1.82, 2.24) is 4.98 Å². The van der Waals surface area contributed by atoms with Crippen molar-refractivity contribution in [2.45, 2.75) is 36.6 Å². The fourth-order valence-corrected chi connectivity index (χ4v) is 3.15. The lowest BCUT2D eigenvalue weighted by Crippen LogP contribution is -2.33. The summed E-state index contributed by atoms with van der Waals surface area (Å²) in [6.07, 6.45) is 1.90. The van der Waals surface area contributed by atoms with Crippen LogP contribution in [0.4, 0.5) is 23.2 Å². The predicted molar refractivity (Wildman–Crippen MR) is 101 cm³/mol. The van der Waals surface area contributed by atoms with E-state index >= 15 is 0 Å². The van der Waals surface area contributed by atoms with E-state index in [1.807, 2.05) is 0 Å². The van der Waals surface area contributed by atoms with Crippen molar-refractivity contribution < 1.29 is 22.4 Å².